The van der Waals surface area contributed by atoms with Gasteiger partial charge in [-0.2, -0.15) is 31.2 Å². The molecule has 0 heterocycles. The number of thiol groups is 2. The van der Waals surface area contributed by atoms with Crippen molar-refractivity contribution in [3.05, 3.63) is 21.6 Å². The topological polar surface area (TPSA) is 207 Å². The number of rotatable bonds is 0. The fourth-order valence-corrected chi connectivity index (χ4v) is 0. The second-order valence-corrected chi connectivity index (χ2v) is 1.70. The first-order valence-electron chi connectivity index (χ1n) is 2.61. The molecule has 15 heteroatoms. The van der Waals surface area contributed by atoms with Crippen molar-refractivity contribution in [1.29, 1.82) is 10.5 Å². The van der Waals surface area contributed by atoms with Crippen molar-refractivity contribution in [1.82, 2.24) is 12.3 Å². The number of nitriles is 2. The van der Waals surface area contributed by atoms with Crippen molar-refractivity contribution < 1.29 is 21.1 Å². The number of hydrogen-bond donors (Lipinski definition) is 4. The predicted octanol–water partition coefficient (Wildman–Crippen LogP) is 3.75. The Hall–Kier alpha value is -0.512. The molecule has 0 saturated heterocycles. The molecule has 0 unspecified atom stereocenters. The van der Waals surface area contributed by atoms with Gasteiger partial charge in [0.2, 0.25) is 0 Å². The van der Waals surface area contributed by atoms with Crippen molar-refractivity contribution in [2.45, 2.75) is 0 Å². The molecule has 0 fully saturated rings. The minimum absolute atomic E-state index is 0. The Morgan fingerprint density at radius 1 is 0.619 bits per heavy atom. The Morgan fingerprint density at radius 3 is 0.619 bits per heavy atom. The molecule has 21 heavy (non-hydrogen) atoms. The van der Waals surface area contributed by atoms with Crippen LogP contribution < -0.4 is 12.3 Å². The van der Waals surface area contributed by atoms with Crippen LogP contribution in [0.1, 0.15) is 0 Å². The van der Waals surface area contributed by atoms with Crippen LogP contribution in [-0.2, 0) is 21.1 Å². The zero-order chi connectivity index (χ0) is 16.2. The zero-order valence-corrected chi connectivity index (χ0v) is 17.3. The molecule has 0 rings (SSSR count). The summed E-state index contributed by atoms with van der Waals surface area (Å²) in [6.45, 7) is 0. The van der Waals surface area contributed by atoms with Crippen LogP contribution in [0.15, 0.2) is 0 Å². The minimum Gasteiger partial charge on any atom is -0.753 e. The monoisotopic (exact) mass is 579 g/mol. The quantitative estimate of drug-likeness (QED) is 0.143. The summed E-state index contributed by atoms with van der Waals surface area (Å²) >= 11 is 21.0. The summed E-state index contributed by atoms with van der Waals surface area (Å²) < 4.78 is 0. The third kappa shape index (κ3) is 22800. The molecule has 0 aliphatic carbocycles. The van der Waals surface area contributed by atoms with Gasteiger partial charge in [0.15, 0.2) is 0 Å². The van der Waals surface area contributed by atoms with Gasteiger partial charge in [-0.3, -0.25) is 0 Å². The van der Waals surface area contributed by atoms with Crippen molar-refractivity contribution in [2.24, 2.45) is 0 Å². The fourth-order valence-electron chi connectivity index (χ4n) is 0. The molecule has 0 aliphatic heterocycles. The number of nitrogens with zero attached hydrogens (tertiary/aromatic N) is 6. The van der Waals surface area contributed by atoms with E-state index in [0.717, 1.165) is 0 Å². The van der Waals surface area contributed by atoms with Crippen LogP contribution in [0, 0.1) is 21.3 Å². The van der Waals surface area contributed by atoms with E-state index in [4.69, 9.17) is 32.2 Å². The second-order valence-electron chi connectivity index (χ2n) is 0.565. The van der Waals surface area contributed by atoms with Crippen LogP contribution in [0.25, 0.3) is 21.6 Å². The normalized spacial score (nSPS) is 2.29. The zero-order valence-electron chi connectivity index (χ0n) is 9.94. The summed E-state index contributed by atoms with van der Waals surface area (Å²) in [5, 5.41) is 51.1. The molecule has 0 spiro atoms. The molecule has 8 nitrogen and oxygen atoms in total. The van der Waals surface area contributed by atoms with E-state index in [9.17, 15) is 0 Å². The van der Waals surface area contributed by atoms with Gasteiger partial charge in [0, 0.05) is 0 Å². The molecule has 0 aromatic carbocycles. The Labute approximate surface area is 170 Å². The van der Waals surface area contributed by atoms with Gasteiger partial charge >= 0.3 is 21.1 Å². The second kappa shape index (κ2) is 221. The first kappa shape index (κ1) is 59.0. The third-order valence-electron chi connectivity index (χ3n) is 0. The van der Waals surface area contributed by atoms with E-state index in [1.807, 2.05) is 0 Å². The van der Waals surface area contributed by atoms with E-state index in [-0.39, 0.29) is 33.4 Å². The Kier molecular flexibility index (Phi) is 621. The minimum atomic E-state index is 0. The van der Waals surface area contributed by atoms with E-state index in [2.05, 4.69) is 74.1 Å². The largest absolute Gasteiger partial charge is 4.00 e. The average Bonchev–Trinajstić information content (AvgIpc) is 2.23. The van der Waals surface area contributed by atoms with Gasteiger partial charge in [-0.1, -0.05) is 74.1 Å². The molecule has 0 aromatic rings. The van der Waals surface area contributed by atoms with Crippen LogP contribution >= 0.6 is 74.1 Å². The van der Waals surface area contributed by atoms with Crippen LogP contribution in [0.3, 0.4) is 0 Å². The standard InChI is InChI=1S/2CHNS.4CNS.2H3N.Pt/c6*2-1-3;;;/h2*3H;;;;;2*1H3;/q;;4*-1;;;+4. The van der Waals surface area contributed by atoms with Crippen LogP contribution in [0.2, 0.25) is 0 Å². The number of hydrogen-bond acceptors (Lipinski definition) is 10. The molecule has 6 N–H and O–H groups in total. The molecule has 0 amide bonds. The maximum atomic E-state index is 7.18. The molecule has 0 aliphatic rings. The summed E-state index contributed by atoms with van der Waals surface area (Å²) in [5.74, 6) is 0. The summed E-state index contributed by atoms with van der Waals surface area (Å²) in [6, 6.07) is 0. The van der Waals surface area contributed by atoms with E-state index in [1.54, 1.807) is 0 Å². The summed E-state index contributed by atoms with van der Waals surface area (Å²) in [5.41, 5.74) is 0. The van der Waals surface area contributed by atoms with E-state index < -0.39 is 0 Å². The van der Waals surface area contributed by atoms with Crippen molar-refractivity contribution >= 4 is 94.8 Å². The van der Waals surface area contributed by atoms with E-state index in [1.165, 1.54) is 31.4 Å². The summed E-state index contributed by atoms with van der Waals surface area (Å²) in [4.78, 5) is 0. The molecule has 0 radical (unpaired) electrons. The van der Waals surface area contributed by atoms with Crippen molar-refractivity contribution in [3.63, 3.8) is 0 Å². The van der Waals surface area contributed by atoms with E-state index >= 15 is 0 Å². The summed E-state index contributed by atoms with van der Waals surface area (Å²) in [6.07, 6.45) is 0. The van der Waals surface area contributed by atoms with Crippen LogP contribution in [0.5, 0.6) is 0 Å². The van der Waals surface area contributed by atoms with Gasteiger partial charge in [0.25, 0.3) is 0 Å². The smallest absolute Gasteiger partial charge is 0.753 e. The van der Waals surface area contributed by atoms with E-state index in [0.29, 0.717) is 0 Å². The molecular formula is C6H8N8PtS6. The molecule has 118 valence electrons. The fraction of sp³-hybridized carbons (Fsp3) is 0. The van der Waals surface area contributed by atoms with Gasteiger partial charge in [-0.25, -0.2) is 0 Å². The Bertz CT molecular complexity index is 290. The first-order valence-corrected chi connectivity index (χ1v) is 5.13. The SMILES string of the molecule is N.N.N#CS.N#CS.[N-]=C=S.[N-]=C=S.[N-]=C=S.[N-]=C=S.[Pt+4]. The molecule has 0 bridgehead atoms. The number of isothiocyanates is 4. The molecule has 0 aromatic heterocycles. The Morgan fingerprint density at radius 2 is 0.619 bits per heavy atom. The molecular weight excluding hydrogens is 572 g/mol. The van der Waals surface area contributed by atoms with Gasteiger partial charge in [-0.05, 0) is 0 Å². The Balaban J connectivity index is -0.0000000114. The number of thiocyanates is 2. The van der Waals surface area contributed by atoms with Crippen molar-refractivity contribution in [2.75, 3.05) is 0 Å². The van der Waals surface area contributed by atoms with Crippen LogP contribution in [-0.4, -0.2) is 20.6 Å². The summed E-state index contributed by atoms with van der Waals surface area (Å²) in [7, 11) is 0. The molecule has 0 saturated carbocycles. The number of thiocarbonyl (C=S) groups is 4. The maximum Gasteiger partial charge on any atom is 4.00 e. The first-order chi connectivity index (χ1) is 8.49. The van der Waals surface area contributed by atoms with Gasteiger partial charge in [0.05, 0.1) is 0 Å². The van der Waals surface area contributed by atoms with Crippen LogP contribution in [0.4, 0.5) is 0 Å². The maximum absolute atomic E-state index is 7.18. The van der Waals surface area contributed by atoms with Gasteiger partial charge < -0.3 is 33.9 Å². The van der Waals surface area contributed by atoms with Crippen molar-refractivity contribution in [3.8, 4) is 10.8 Å². The predicted molar refractivity (Wildman–Crippen MR) is 103 cm³/mol. The third-order valence-corrected chi connectivity index (χ3v) is 0. The molecule has 0 atom stereocenters. The van der Waals surface area contributed by atoms with Gasteiger partial charge in [-0.15, -0.1) is 0 Å². The van der Waals surface area contributed by atoms with Gasteiger partial charge in [0.1, 0.15) is 10.8 Å². The average molecular weight is 580 g/mol.